The molecule has 0 aliphatic carbocycles. The quantitative estimate of drug-likeness (QED) is 0.704. The van der Waals surface area contributed by atoms with Gasteiger partial charge in [0.25, 0.3) is 0 Å². The Morgan fingerprint density at radius 3 is 2.56 bits per heavy atom. The number of carbonyl (C=O) groups is 2. The first kappa shape index (κ1) is 12.0. The summed E-state index contributed by atoms with van der Waals surface area (Å²) in [6, 6.07) is 6.38. The largest absolute Gasteiger partial charge is 0.497 e. The van der Waals surface area contributed by atoms with E-state index in [-0.39, 0.29) is 6.42 Å². The molecule has 0 saturated heterocycles. The third kappa shape index (κ3) is 3.27. The van der Waals surface area contributed by atoms with Crippen molar-refractivity contribution in [2.24, 2.45) is 0 Å². The molecule has 5 heteroatoms. The van der Waals surface area contributed by atoms with Crippen LogP contribution in [0.3, 0.4) is 0 Å². The fourth-order valence-electron chi connectivity index (χ4n) is 1.37. The highest BCUT2D eigenvalue weighted by atomic mass is 16.5. The molecule has 16 heavy (non-hydrogen) atoms. The molecule has 0 bridgehead atoms. The number of amides is 1. The van der Waals surface area contributed by atoms with Crippen molar-refractivity contribution in [3.8, 4) is 5.75 Å². The predicted octanol–water partition coefficient (Wildman–Crippen LogP) is 0.957. The zero-order chi connectivity index (χ0) is 12.0. The van der Waals surface area contributed by atoms with Gasteiger partial charge < -0.3 is 15.2 Å². The molecule has 1 aromatic rings. The molecule has 0 aromatic heterocycles. The van der Waals surface area contributed by atoms with E-state index in [1.165, 1.54) is 0 Å². The number of methoxy groups -OCH3 is 1. The second-order valence-corrected chi connectivity index (χ2v) is 3.21. The molecule has 0 saturated carbocycles. The highest BCUT2D eigenvalue weighted by Crippen LogP contribution is 2.19. The number of nitrogens with one attached hydrogen (secondary N) is 1. The zero-order valence-corrected chi connectivity index (χ0v) is 8.84. The third-order valence-corrected chi connectivity index (χ3v) is 2.17. The Bertz CT molecular complexity index is 361. The number of aliphatic carboxylic acids is 1. The molecule has 0 aliphatic heterocycles. The van der Waals surface area contributed by atoms with E-state index < -0.39 is 12.0 Å². The van der Waals surface area contributed by atoms with Gasteiger partial charge in [-0.1, -0.05) is 12.1 Å². The van der Waals surface area contributed by atoms with Gasteiger partial charge in [0.05, 0.1) is 19.6 Å². The van der Waals surface area contributed by atoms with Gasteiger partial charge >= 0.3 is 5.97 Å². The molecule has 0 heterocycles. The van der Waals surface area contributed by atoms with Gasteiger partial charge in [0.1, 0.15) is 5.75 Å². The van der Waals surface area contributed by atoms with Crippen molar-refractivity contribution >= 4 is 12.4 Å². The van der Waals surface area contributed by atoms with Crippen LogP contribution in [0.4, 0.5) is 0 Å². The Morgan fingerprint density at radius 2 is 2.12 bits per heavy atom. The lowest BCUT2D eigenvalue weighted by atomic mass is 10.0. The van der Waals surface area contributed by atoms with E-state index >= 15 is 0 Å². The van der Waals surface area contributed by atoms with E-state index in [1.807, 2.05) is 0 Å². The molecular weight excluding hydrogens is 210 g/mol. The van der Waals surface area contributed by atoms with Gasteiger partial charge in [-0.25, -0.2) is 0 Å². The first-order valence-corrected chi connectivity index (χ1v) is 4.72. The Hall–Kier alpha value is -2.04. The third-order valence-electron chi connectivity index (χ3n) is 2.17. The number of carbonyl (C=O) groups excluding carboxylic acids is 1. The molecule has 1 rings (SSSR count). The van der Waals surface area contributed by atoms with Crippen molar-refractivity contribution in [2.75, 3.05) is 7.11 Å². The molecule has 0 spiro atoms. The molecule has 1 aromatic carbocycles. The van der Waals surface area contributed by atoms with Crippen LogP contribution in [0, 0.1) is 0 Å². The highest BCUT2D eigenvalue weighted by Gasteiger charge is 2.14. The standard InChI is InChI=1S/C11H13NO4/c1-16-9-4-2-8(3-5-9)10(12-7-13)6-11(14)15/h2-5,7,10H,6H2,1H3,(H,12,13)(H,14,15)/t10-/m1/s1. The summed E-state index contributed by atoms with van der Waals surface area (Å²) in [6.45, 7) is 0. The van der Waals surface area contributed by atoms with Crippen LogP contribution >= 0.6 is 0 Å². The number of rotatable bonds is 6. The smallest absolute Gasteiger partial charge is 0.305 e. The van der Waals surface area contributed by atoms with Gasteiger partial charge in [-0.05, 0) is 17.7 Å². The summed E-state index contributed by atoms with van der Waals surface area (Å²) >= 11 is 0. The van der Waals surface area contributed by atoms with Crippen molar-refractivity contribution in [1.29, 1.82) is 0 Å². The van der Waals surface area contributed by atoms with E-state index in [1.54, 1.807) is 31.4 Å². The maximum absolute atomic E-state index is 10.6. The Balaban J connectivity index is 2.82. The minimum Gasteiger partial charge on any atom is -0.497 e. The minimum absolute atomic E-state index is 0.148. The second kappa shape index (κ2) is 5.75. The predicted molar refractivity (Wildman–Crippen MR) is 57.2 cm³/mol. The van der Waals surface area contributed by atoms with Gasteiger partial charge in [-0.15, -0.1) is 0 Å². The van der Waals surface area contributed by atoms with E-state index in [0.29, 0.717) is 12.2 Å². The van der Waals surface area contributed by atoms with E-state index in [4.69, 9.17) is 9.84 Å². The summed E-state index contributed by atoms with van der Waals surface area (Å²) < 4.78 is 4.98. The van der Waals surface area contributed by atoms with Crippen LogP contribution < -0.4 is 10.1 Å². The molecule has 0 fully saturated rings. The summed E-state index contributed by atoms with van der Waals surface area (Å²) in [4.78, 5) is 21.0. The van der Waals surface area contributed by atoms with Crippen LogP contribution in [0.2, 0.25) is 0 Å². The Labute approximate surface area is 93.0 Å². The van der Waals surface area contributed by atoms with Crippen molar-refractivity contribution in [3.63, 3.8) is 0 Å². The van der Waals surface area contributed by atoms with Crippen LogP contribution in [0.25, 0.3) is 0 Å². The van der Waals surface area contributed by atoms with E-state index in [9.17, 15) is 9.59 Å². The van der Waals surface area contributed by atoms with Crippen molar-refractivity contribution < 1.29 is 19.4 Å². The number of hydrogen-bond acceptors (Lipinski definition) is 3. The van der Waals surface area contributed by atoms with Crippen LogP contribution in [0.5, 0.6) is 5.75 Å². The molecule has 0 unspecified atom stereocenters. The Morgan fingerprint density at radius 1 is 1.50 bits per heavy atom. The molecule has 1 amide bonds. The SMILES string of the molecule is COc1ccc([C@@H](CC(=O)O)NC=O)cc1. The molecule has 0 radical (unpaired) electrons. The van der Waals surface area contributed by atoms with Crippen LogP contribution in [0.1, 0.15) is 18.0 Å². The number of carboxylic acids is 1. The van der Waals surface area contributed by atoms with Crippen molar-refractivity contribution in [2.45, 2.75) is 12.5 Å². The van der Waals surface area contributed by atoms with E-state index in [2.05, 4.69) is 5.32 Å². The monoisotopic (exact) mass is 223 g/mol. The van der Waals surface area contributed by atoms with Gasteiger partial charge in [-0.3, -0.25) is 9.59 Å². The average Bonchev–Trinajstić information content (AvgIpc) is 2.28. The summed E-state index contributed by atoms with van der Waals surface area (Å²) in [5.41, 5.74) is 0.732. The minimum atomic E-state index is -0.963. The Kier molecular flexibility index (Phi) is 4.32. The normalized spacial score (nSPS) is 11.6. The second-order valence-electron chi connectivity index (χ2n) is 3.21. The number of carboxylic acid groups (broad SMARTS) is 1. The van der Waals surface area contributed by atoms with Crippen molar-refractivity contribution in [1.82, 2.24) is 5.32 Å². The molecule has 86 valence electrons. The lowest BCUT2D eigenvalue weighted by Gasteiger charge is -2.14. The summed E-state index contributed by atoms with van der Waals surface area (Å²) in [5.74, 6) is -0.279. The lowest BCUT2D eigenvalue weighted by molar-refractivity contribution is -0.137. The summed E-state index contributed by atoms with van der Waals surface area (Å²) in [6.07, 6.45) is 0.350. The van der Waals surface area contributed by atoms with Gasteiger partial charge in [-0.2, -0.15) is 0 Å². The highest BCUT2D eigenvalue weighted by molar-refractivity contribution is 5.68. The molecule has 2 N–H and O–H groups in total. The molecule has 0 aliphatic rings. The van der Waals surface area contributed by atoms with Crippen LogP contribution in [0.15, 0.2) is 24.3 Å². The van der Waals surface area contributed by atoms with Crippen molar-refractivity contribution in [3.05, 3.63) is 29.8 Å². The van der Waals surface area contributed by atoms with Gasteiger partial charge in [0, 0.05) is 0 Å². The number of benzene rings is 1. The number of ether oxygens (including phenoxy) is 1. The first-order chi connectivity index (χ1) is 7.67. The van der Waals surface area contributed by atoms with Crippen LogP contribution in [-0.4, -0.2) is 24.6 Å². The van der Waals surface area contributed by atoms with Gasteiger partial charge in [0.2, 0.25) is 6.41 Å². The van der Waals surface area contributed by atoms with Gasteiger partial charge in [0.15, 0.2) is 0 Å². The summed E-state index contributed by atoms with van der Waals surface area (Å²) in [7, 11) is 1.55. The fourth-order valence-corrected chi connectivity index (χ4v) is 1.37. The number of hydrogen-bond donors (Lipinski definition) is 2. The van der Waals surface area contributed by atoms with Crippen LogP contribution in [-0.2, 0) is 9.59 Å². The maximum atomic E-state index is 10.6. The first-order valence-electron chi connectivity index (χ1n) is 4.72. The topological polar surface area (TPSA) is 75.6 Å². The van der Waals surface area contributed by atoms with E-state index in [0.717, 1.165) is 5.56 Å². The lowest BCUT2D eigenvalue weighted by Crippen LogP contribution is -2.22. The summed E-state index contributed by atoms with van der Waals surface area (Å²) in [5, 5.41) is 11.2. The molecule has 5 nitrogen and oxygen atoms in total. The molecule has 1 atom stereocenters. The maximum Gasteiger partial charge on any atom is 0.305 e. The average molecular weight is 223 g/mol. The zero-order valence-electron chi connectivity index (χ0n) is 8.84. The fraction of sp³-hybridized carbons (Fsp3) is 0.273. The molecular formula is C11H13NO4.